The van der Waals surface area contributed by atoms with Crippen LogP contribution < -0.4 is 4.90 Å². The fraction of sp³-hybridized carbons (Fsp3) is 0.333. The number of amides is 1. The highest BCUT2D eigenvalue weighted by atomic mass is 19.1. The molecule has 5 nitrogen and oxygen atoms in total. The van der Waals surface area contributed by atoms with Crippen molar-refractivity contribution in [2.45, 2.75) is 20.3 Å². The maximum atomic E-state index is 13.5. The molecule has 0 aliphatic carbocycles. The van der Waals surface area contributed by atoms with E-state index in [9.17, 15) is 9.18 Å². The van der Waals surface area contributed by atoms with Crippen LogP contribution in [0.5, 0.6) is 0 Å². The number of halogens is 1. The first-order valence-corrected chi connectivity index (χ1v) is 10.3. The zero-order chi connectivity index (χ0) is 21.1. The number of anilines is 1. The molecule has 2 aromatic carbocycles. The fourth-order valence-electron chi connectivity index (χ4n) is 3.82. The first-order chi connectivity index (χ1) is 14.5. The van der Waals surface area contributed by atoms with Gasteiger partial charge in [0.25, 0.3) is 0 Å². The van der Waals surface area contributed by atoms with Crippen LogP contribution in [0.15, 0.2) is 59.2 Å². The Hall–Kier alpha value is -2.99. The largest absolute Gasteiger partial charge is 0.369 e. The van der Waals surface area contributed by atoms with Crippen LogP contribution in [0.2, 0.25) is 0 Å². The predicted octanol–water partition coefficient (Wildman–Crippen LogP) is 3.91. The third-order valence-electron chi connectivity index (χ3n) is 5.66. The molecule has 1 amide bonds. The second-order valence-electron chi connectivity index (χ2n) is 7.96. The summed E-state index contributed by atoms with van der Waals surface area (Å²) in [6.45, 7) is 7.72. The molecule has 0 spiro atoms. The van der Waals surface area contributed by atoms with Crippen molar-refractivity contribution in [1.82, 2.24) is 9.91 Å². The Labute approximate surface area is 177 Å². The summed E-state index contributed by atoms with van der Waals surface area (Å²) in [4.78, 5) is 17.1. The minimum Gasteiger partial charge on any atom is -0.369 e. The number of hydrogen-bond donors (Lipinski definition) is 0. The minimum atomic E-state index is -0.215. The highest BCUT2D eigenvalue weighted by molar-refractivity contribution is 6.08. The van der Waals surface area contributed by atoms with E-state index < -0.39 is 0 Å². The second kappa shape index (κ2) is 8.79. The monoisotopic (exact) mass is 406 g/mol. The van der Waals surface area contributed by atoms with Crippen LogP contribution in [0.25, 0.3) is 6.08 Å². The van der Waals surface area contributed by atoms with Gasteiger partial charge < -0.3 is 4.90 Å². The molecule has 2 aliphatic heterocycles. The van der Waals surface area contributed by atoms with Gasteiger partial charge in [-0.05, 0) is 49.3 Å². The van der Waals surface area contributed by atoms with E-state index in [1.807, 2.05) is 19.1 Å². The molecule has 156 valence electrons. The van der Waals surface area contributed by atoms with Crippen LogP contribution in [0.1, 0.15) is 24.5 Å². The molecular formula is C24H27FN4O. The molecule has 6 heteroatoms. The van der Waals surface area contributed by atoms with Crippen LogP contribution in [-0.4, -0.2) is 54.4 Å². The molecule has 30 heavy (non-hydrogen) atoms. The van der Waals surface area contributed by atoms with Crippen molar-refractivity contribution < 1.29 is 9.18 Å². The third-order valence-corrected chi connectivity index (χ3v) is 5.66. The fourth-order valence-corrected chi connectivity index (χ4v) is 3.82. The van der Waals surface area contributed by atoms with E-state index in [1.165, 1.54) is 11.6 Å². The van der Waals surface area contributed by atoms with Crippen molar-refractivity contribution >= 4 is 23.4 Å². The molecule has 2 heterocycles. The molecule has 0 atom stereocenters. The first-order valence-electron chi connectivity index (χ1n) is 10.3. The lowest BCUT2D eigenvalue weighted by atomic mass is 10.0. The molecule has 0 saturated carbocycles. The smallest absolute Gasteiger partial charge is 0.248 e. The number of carbonyl (C=O) groups is 1. The molecule has 4 rings (SSSR count). The van der Waals surface area contributed by atoms with Crippen LogP contribution in [-0.2, 0) is 4.79 Å². The van der Waals surface area contributed by atoms with E-state index in [4.69, 9.17) is 0 Å². The first kappa shape index (κ1) is 20.3. The van der Waals surface area contributed by atoms with Gasteiger partial charge in [-0.15, -0.1) is 0 Å². The number of hydrazone groups is 1. The summed E-state index contributed by atoms with van der Waals surface area (Å²) >= 11 is 0. The van der Waals surface area contributed by atoms with Crippen molar-refractivity contribution in [2.75, 3.05) is 37.7 Å². The highest BCUT2D eigenvalue weighted by Crippen LogP contribution is 2.21. The Morgan fingerprint density at radius 1 is 1.03 bits per heavy atom. The van der Waals surface area contributed by atoms with Crippen LogP contribution in [0.3, 0.4) is 0 Å². The topological polar surface area (TPSA) is 39.1 Å². The van der Waals surface area contributed by atoms with Crippen molar-refractivity contribution in [2.24, 2.45) is 5.10 Å². The lowest BCUT2D eigenvalue weighted by molar-refractivity contribution is -0.133. The summed E-state index contributed by atoms with van der Waals surface area (Å²) in [6.07, 6.45) is 2.41. The zero-order valence-corrected chi connectivity index (χ0v) is 17.5. The van der Waals surface area contributed by atoms with Crippen molar-refractivity contribution in [3.8, 4) is 0 Å². The Bertz CT molecular complexity index is 975. The number of aryl methyl sites for hydroxylation is 1. The van der Waals surface area contributed by atoms with E-state index >= 15 is 0 Å². The van der Waals surface area contributed by atoms with Gasteiger partial charge in [0.05, 0.1) is 18.8 Å². The summed E-state index contributed by atoms with van der Waals surface area (Å²) in [5.74, 6) is -0.195. The van der Waals surface area contributed by atoms with Gasteiger partial charge in [-0.2, -0.15) is 5.10 Å². The van der Waals surface area contributed by atoms with Crippen molar-refractivity contribution in [1.29, 1.82) is 0 Å². The van der Waals surface area contributed by atoms with Gasteiger partial charge in [-0.25, -0.2) is 9.40 Å². The lowest BCUT2D eigenvalue weighted by Gasteiger charge is -2.38. The van der Waals surface area contributed by atoms with Gasteiger partial charge in [0.1, 0.15) is 5.82 Å². The normalized spacial score (nSPS) is 19.4. The maximum absolute atomic E-state index is 13.5. The zero-order valence-electron chi connectivity index (χ0n) is 17.5. The van der Waals surface area contributed by atoms with Crippen molar-refractivity contribution in [3.05, 3.63) is 71.0 Å². The Morgan fingerprint density at radius 2 is 1.77 bits per heavy atom. The summed E-state index contributed by atoms with van der Waals surface area (Å²) in [7, 11) is 0. The molecule has 1 fully saturated rings. The maximum Gasteiger partial charge on any atom is 0.248 e. The molecule has 0 bridgehead atoms. The number of piperazine rings is 1. The van der Waals surface area contributed by atoms with E-state index in [0.29, 0.717) is 13.1 Å². The molecule has 0 unspecified atom stereocenters. The van der Waals surface area contributed by atoms with Gasteiger partial charge in [0.2, 0.25) is 5.91 Å². The predicted molar refractivity (Wildman–Crippen MR) is 119 cm³/mol. The summed E-state index contributed by atoms with van der Waals surface area (Å²) < 4.78 is 13.5. The highest BCUT2D eigenvalue weighted by Gasteiger charge is 2.26. The van der Waals surface area contributed by atoms with Gasteiger partial charge >= 0.3 is 0 Å². The summed E-state index contributed by atoms with van der Waals surface area (Å²) in [6, 6.07) is 15.0. The molecule has 1 saturated heterocycles. The quantitative estimate of drug-likeness (QED) is 0.773. The average Bonchev–Trinajstić information content (AvgIpc) is 2.74. The Balaban J connectivity index is 1.37. The number of carbonyl (C=O) groups excluding carboxylic acids is 1. The number of nitrogens with zero attached hydrogens (tertiary/aromatic N) is 4. The molecule has 2 aliphatic rings. The Kier molecular flexibility index (Phi) is 5.95. The van der Waals surface area contributed by atoms with Crippen LogP contribution in [0, 0.1) is 12.7 Å². The summed E-state index contributed by atoms with van der Waals surface area (Å²) in [5, 5.41) is 6.15. The molecule has 0 N–H and O–H groups in total. The van der Waals surface area contributed by atoms with Gasteiger partial charge in [-0.1, -0.05) is 35.9 Å². The Morgan fingerprint density at radius 3 is 2.47 bits per heavy atom. The molecular weight excluding hydrogens is 379 g/mol. The van der Waals surface area contributed by atoms with Crippen LogP contribution >= 0.6 is 0 Å². The van der Waals surface area contributed by atoms with Gasteiger partial charge in [0.15, 0.2) is 0 Å². The van der Waals surface area contributed by atoms with Gasteiger partial charge in [-0.3, -0.25) is 9.69 Å². The van der Waals surface area contributed by atoms with Crippen molar-refractivity contribution in [3.63, 3.8) is 0 Å². The molecule has 2 aromatic rings. The van der Waals surface area contributed by atoms with Crippen LogP contribution in [0.4, 0.5) is 10.1 Å². The lowest BCUT2D eigenvalue weighted by Crippen LogP contribution is -2.50. The number of hydrogen-bond acceptors (Lipinski definition) is 4. The van der Waals surface area contributed by atoms with Gasteiger partial charge in [0, 0.05) is 31.9 Å². The van der Waals surface area contributed by atoms with E-state index in [-0.39, 0.29) is 11.7 Å². The standard InChI is InChI=1S/C24H27FN4O/c1-18-6-8-20(9-7-18)14-21-15-24(30)29(26-19(21)2)17-27-10-12-28(13-11-27)23-5-3-4-22(25)16-23/h3-9,14,16H,10-13,15,17H2,1-2H3/b21-14-. The SMILES string of the molecule is CC1=NN(CN2CCN(c3cccc(F)c3)CC2)C(=O)C/C1=C/c1ccc(C)cc1. The molecule has 0 aromatic heterocycles. The average molecular weight is 407 g/mol. The number of benzene rings is 2. The van der Waals surface area contributed by atoms with E-state index in [2.05, 4.69) is 46.1 Å². The second-order valence-corrected chi connectivity index (χ2v) is 7.96. The van der Waals surface area contributed by atoms with E-state index in [0.717, 1.165) is 48.7 Å². The third kappa shape index (κ3) is 4.76. The molecule has 0 radical (unpaired) electrons. The number of rotatable bonds is 4. The summed E-state index contributed by atoms with van der Waals surface area (Å²) in [5.41, 5.74) is 5.05. The minimum absolute atomic E-state index is 0.0199. The van der Waals surface area contributed by atoms with E-state index in [1.54, 1.807) is 17.1 Å².